The third-order valence-electron chi connectivity index (χ3n) is 1.93. The van der Waals surface area contributed by atoms with Crippen LogP contribution in [0.2, 0.25) is 0 Å². The highest BCUT2D eigenvalue weighted by atomic mass is 35.5. The molecule has 0 aliphatic carbocycles. The predicted octanol–water partition coefficient (Wildman–Crippen LogP) is 2.06. The first kappa shape index (κ1) is 10.3. The van der Waals surface area contributed by atoms with Crippen molar-refractivity contribution >= 4 is 17.4 Å². The Kier molecular flexibility index (Phi) is 3.96. The third-order valence-corrected chi connectivity index (χ3v) is 2.20. The van der Waals surface area contributed by atoms with Gasteiger partial charge in [-0.2, -0.15) is 5.10 Å². The fourth-order valence-corrected chi connectivity index (χ4v) is 1.28. The third kappa shape index (κ3) is 2.56. The number of aromatic nitrogens is 2. The molecule has 0 atom stereocenters. The molecule has 0 aliphatic heterocycles. The predicted molar refractivity (Wildman–Crippen MR) is 55.2 cm³/mol. The minimum absolute atomic E-state index is 0.422. The fourth-order valence-electron chi connectivity index (χ4n) is 1.14. The molecule has 0 saturated heterocycles. The summed E-state index contributed by atoms with van der Waals surface area (Å²) in [6, 6.07) is 3.87. The van der Waals surface area contributed by atoms with Crippen molar-refractivity contribution in [2.75, 3.05) is 18.0 Å². The summed E-state index contributed by atoms with van der Waals surface area (Å²) in [4.78, 5) is 2.14. The van der Waals surface area contributed by atoms with Crippen LogP contribution < -0.4 is 4.90 Å². The first-order chi connectivity index (χ1) is 6.31. The summed E-state index contributed by atoms with van der Waals surface area (Å²) >= 11 is 5.61. The van der Waals surface area contributed by atoms with Crippen molar-refractivity contribution in [1.29, 1.82) is 0 Å². The van der Waals surface area contributed by atoms with E-state index < -0.39 is 0 Å². The zero-order valence-electron chi connectivity index (χ0n) is 8.00. The van der Waals surface area contributed by atoms with E-state index in [0.29, 0.717) is 5.88 Å². The van der Waals surface area contributed by atoms with Crippen LogP contribution >= 0.6 is 11.6 Å². The second-order valence-corrected chi connectivity index (χ2v) is 2.96. The zero-order valence-corrected chi connectivity index (χ0v) is 8.75. The van der Waals surface area contributed by atoms with E-state index in [4.69, 9.17) is 11.6 Å². The van der Waals surface area contributed by atoms with E-state index in [1.807, 2.05) is 12.1 Å². The molecule has 0 unspecified atom stereocenters. The minimum Gasteiger partial charge on any atom is -0.356 e. The Morgan fingerprint density at radius 1 is 1.23 bits per heavy atom. The van der Waals surface area contributed by atoms with Crippen molar-refractivity contribution < 1.29 is 0 Å². The summed E-state index contributed by atoms with van der Waals surface area (Å²) in [7, 11) is 0. The van der Waals surface area contributed by atoms with Crippen LogP contribution in [0.15, 0.2) is 12.1 Å². The number of hydrogen-bond donors (Lipinski definition) is 0. The van der Waals surface area contributed by atoms with Crippen LogP contribution in [0.25, 0.3) is 0 Å². The molecular formula is C9H14ClN3. The number of nitrogens with zero attached hydrogens (tertiary/aromatic N) is 3. The summed E-state index contributed by atoms with van der Waals surface area (Å²) in [6.07, 6.45) is 0. The van der Waals surface area contributed by atoms with Crippen molar-refractivity contribution in [2.24, 2.45) is 0 Å². The number of rotatable bonds is 4. The standard InChI is InChI=1S/C9H14ClN3/c1-3-13(4-2)9-6-5-8(7-10)11-12-9/h5-6H,3-4,7H2,1-2H3. The molecule has 1 heterocycles. The monoisotopic (exact) mass is 199 g/mol. The Morgan fingerprint density at radius 2 is 1.92 bits per heavy atom. The molecule has 0 amide bonds. The van der Waals surface area contributed by atoms with Gasteiger partial charge in [-0.15, -0.1) is 16.7 Å². The number of halogens is 1. The molecule has 1 aromatic heterocycles. The van der Waals surface area contributed by atoms with Crippen LogP contribution in [-0.4, -0.2) is 23.3 Å². The highest BCUT2D eigenvalue weighted by Crippen LogP contribution is 2.09. The van der Waals surface area contributed by atoms with E-state index in [2.05, 4.69) is 28.9 Å². The molecule has 0 fully saturated rings. The van der Waals surface area contributed by atoms with Gasteiger partial charge in [0, 0.05) is 13.1 Å². The Morgan fingerprint density at radius 3 is 2.31 bits per heavy atom. The molecule has 0 aromatic carbocycles. The smallest absolute Gasteiger partial charge is 0.151 e. The summed E-state index contributed by atoms with van der Waals surface area (Å²) in [5.41, 5.74) is 0.817. The summed E-state index contributed by atoms with van der Waals surface area (Å²) < 4.78 is 0. The Balaban J connectivity index is 2.78. The lowest BCUT2D eigenvalue weighted by molar-refractivity contribution is 0.817. The quantitative estimate of drug-likeness (QED) is 0.696. The van der Waals surface area contributed by atoms with Gasteiger partial charge in [-0.1, -0.05) is 0 Å². The molecule has 13 heavy (non-hydrogen) atoms. The molecular weight excluding hydrogens is 186 g/mol. The Bertz CT molecular complexity index is 244. The zero-order chi connectivity index (χ0) is 9.68. The van der Waals surface area contributed by atoms with Gasteiger partial charge in [-0.3, -0.25) is 0 Å². The molecule has 0 bridgehead atoms. The van der Waals surface area contributed by atoms with Gasteiger partial charge >= 0.3 is 0 Å². The molecule has 1 rings (SSSR count). The minimum atomic E-state index is 0.422. The Labute approximate surface area is 83.7 Å². The van der Waals surface area contributed by atoms with Crippen LogP contribution in [0.1, 0.15) is 19.5 Å². The SMILES string of the molecule is CCN(CC)c1ccc(CCl)nn1. The molecule has 4 heteroatoms. The van der Waals surface area contributed by atoms with E-state index >= 15 is 0 Å². The fraction of sp³-hybridized carbons (Fsp3) is 0.556. The van der Waals surface area contributed by atoms with Gasteiger partial charge in [0.25, 0.3) is 0 Å². The summed E-state index contributed by atoms with van der Waals surface area (Å²) in [5, 5.41) is 8.07. The molecule has 0 radical (unpaired) electrons. The van der Waals surface area contributed by atoms with Crippen molar-refractivity contribution in [3.8, 4) is 0 Å². The van der Waals surface area contributed by atoms with Gasteiger partial charge in [-0.25, -0.2) is 0 Å². The van der Waals surface area contributed by atoms with E-state index in [0.717, 1.165) is 24.6 Å². The lowest BCUT2D eigenvalue weighted by Gasteiger charge is -2.18. The maximum absolute atomic E-state index is 5.61. The van der Waals surface area contributed by atoms with Gasteiger partial charge in [0.1, 0.15) is 0 Å². The number of alkyl halides is 1. The van der Waals surface area contributed by atoms with Gasteiger partial charge in [-0.05, 0) is 26.0 Å². The van der Waals surface area contributed by atoms with Crippen LogP contribution in [0.5, 0.6) is 0 Å². The highest BCUT2D eigenvalue weighted by Gasteiger charge is 2.02. The number of anilines is 1. The molecule has 0 aliphatic rings. The van der Waals surface area contributed by atoms with E-state index in [1.54, 1.807) is 0 Å². The van der Waals surface area contributed by atoms with Crippen molar-refractivity contribution in [1.82, 2.24) is 10.2 Å². The maximum Gasteiger partial charge on any atom is 0.151 e. The van der Waals surface area contributed by atoms with Crippen LogP contribution in [0.4, 0.5) is 5.82 Å². The topological polar surface area (TPSA) is 29.0 Å². The molecule has 0 saturated carbocycles. The van der Waals surface area contributed by atoms with Crippen LogP contribution in [0.3, 0.4) is 0 Å². The first-order valence-electron chi connectivity index (χ1n) is 4.45. The average molecular weight is 200 g/mol. The van der Waals surface area contributed by atoms with Crippen LogP contribution in [-0.2, 0) is 5.88 Å². The van der Waals surface area contributed by atoms with Gasteiger partial charge < -0.3 is 4.90 Å². The second-order valence-electron chi connectivity index (χ2n) is 2.69. The van der Waals surface area contributed by atoms with Gasteiger partial charge in [0.2, 0.25) is 0 Å². The second kappa shape index (κ2) is 5.02. The molecule has 0 spiro atoms. The van der Waals surface area contributed by atoms with Crippen molar-refractivity contribution in [3.05, 3.63) is 17.8 Å². The van der Waals surface area contributed by atoms with Crippen molar-refractivity contribution in [3.63, 3.8) is 0 Å². The normalized spacial score (nSPS) is 10.1. The number of hydrogen-bond acceptors (Lipinski definition) is 3. The summed E-state index contributed by atoms with van der Waals surface area (Å²) in [5.74, 6) is 1.34. The lowest BCUT2D eigenvalue weighted by Crippen LogP contribution is -2.23. The van der Waals surface area contributed by atoms with Gasteiger partial charge in [0.05, 0.1) is 11.6 Å². The molecule has 3 nitrogen and oxygen atoms in total. The van der Waals surface area contributed by atoms with E-state index in [-0.39, 0.29) is 0 Å². The average Bonchev–Trinajstić information content (AvgIpc) is 2.21. The van der Waals surface area contributed by atoms with E-state index in [9.17, 15) is 0 Å². The van der Waals surface area contributed by atoms with E-state index in [1.165, 1.54) is 0 Å². The van der Waals surface area contributed by atoms with Crippen LogP contribution in [0, 0.1) is 0 Å². The largest absolute Gasteiger partial charge is 0.356 e. The van der Waals surface area contributed by atoms with Crippen molar-refractivity contribution in [2.45, 2.75) is 19.7 Å². The van der Waals surface area contributed by atoms with Gasteiger partial charge in [0.15, 0.2) is 5.82 Å². The first-order valence-corrected chi connectivity index (χ1v) is 4.98. The highest BCUT2D eigenvalue weighted by molar-refractivity contribution is 6.16. The Hall–Kier alpha value is -0.830. The molecule has 0 N–H and O–H groups in total. The molecule has 72 valence electrons. The summed E-state index contributed by atoms with van der Waals surface area (Å²) in [6.45, 7) is 6.10. The lowest BCUT2D eigenvalue weighted by atomic mass is 10.4. The molecule has 1 aromatic rings. The maximum atomic E-state index is 5.61.